The minimum atomic E-state index is -0.997. The Balaban J connectivity index is 1.68. The molecule has 0 N–H and O–H groups in total. The lowest BCUT2D eigenvalue weighted by molar-refractivity contribution is 0.0466. The van der Waals surface area contributed by atoms with Crippen molar-refractivity contribution in [3.05, 3.63) is 70.8 Å². The molecule has 2 aromatic carbocycles. The normalized spacial score (nSPS) is 10.7. The van der Waals surface area contributed by atoms with E-state index in [1.54, 1.807) is 0 Å². The summed E-state index contributed by atoms with van der Waals surface area (Å²) < 4.78 is 36.5. The van der Waals surface area contributed by atoms with Crippen LogP contribution in [-0.4, -0.2) is 18.5 Å². The van der Waals surface area contributed by atoms with E-state index in [9.17, 15) is 18.4 Å². The molecule has 0 aliphatic heterocycles. The standard InChI is InChI=1S/C25H30F2O4/c1-2-3-4-5-6-7-8-9-16-30-24(28)20-11-13-21(14-12-20)25(29)31-18-19-10-15-22(26)23(27)17-19/h10-15,17H,2-9,16,18H2,1H3. The lowest BCUT2D eigenvalue weighted by atomic mass is 10.1. The molecule has 2 aromatic rings. The maximum absolute atomic E-state index is 13.2. The number of hydrogen-bond acceptors (Lipinski definition) is 4. The van der Waals surface area contributed by atoms with E-state index in [0.717, 1.165) is 31.4 Å². The van der Waals surface area contributed by atoms with Gasteiger partial charge in [0.2, 0.25) is 0 Å². The monoisotopic (exact) mass is 432 g/mol. The van der Waals surface area contributed by atoms with E-state index in [1.165, 1.54) is 62.4 Å². The Morgan fingerprint density at radius 3 is 1.84 bits per heavy atom. The molecule has 0 heterocycles. The highest BCUT2D eigenvalue weighted by Gasteiger charge is 2.12. The molecule has 168 valence electrons. The lowest BCUT2D eigenvalue weighted by Crippen LogP contribution is -2.08. The van der Waals surface area contributed by atoms with Gasteiger partial charge in [0.05, 0.1) is 17.7 Å². The molecular formula is C25H30F2O4. The van der Waals surface area contributed by atoms with Gasteiger partial charge in [0.25, 0.3) is 0 Å². The molecule has 0 atom stereocenters. The van der Waals surface area contributed by atoms with E-state index < -0.39 is 23.6 Å². The average Bonchev–Trinajstić information content (AvgIpc) is 2.78. The van der Waals surface area contributed by atoms with Gasteiger partial charge in [-0.15, -0.1) is 0 Å². The minimum Gasteiger partial charge on any atom is -0.462 e. The molecule has 4 nitrogen and oxygen atoms in total. The second-order valence-corrected chi connectivity index (χ2v) is 7.51. The highest BCUT2D eigenvalue weighted by atomic mass is 19.2. The van der Waals surface area contributed by atoms with Crippen LogP contribution in [0.2, 0.25) is 0 Å². The molecule has 2 rings (SSSR count). The Hall–Kier alpha value is -2.76. The first kappa shape index (κ1) is 24.5. The number of unbranched alkanes of at least 4 members (excludes halogenated alkanes) is 7. The summed E-state index contributed by atoms with van der Waals surface area (Å²) in [7, 11) is 0. The van der Waals surface area contributed by atoms with Crippen molar-refractivity contribution in [1.82, 2.24) is 0 Å². The fraction of sp³-hybridized carbons (Fsp3) is 0.440. The molecule has 0 aliphatic rings. The van der Waals surface area contributed by atoms with Crippen molar-refractivity contribution in [3.8, 4) is 0 Å². The largest absolute Gasteiger partial charge is 0.462 e. The Labute approximate surface area is 182 Å². The van der Waals surface area contributed by atoms with Gasteiger partial charge in [-0.1, -0.05) is 57.9 Å². The van der Waals surface area contributed by atoms with Gasteiger partial charge in [-0.2, -0.15) is 0 Å². The highest BCUT2D eigenvalue weighted by Crippen LogP contribution is 2.13. The third-order valence-corrected chi connectivity index (χ3v) is 4.94. The molecular weight excluding hydrogens is 402 g/mol. The summed E-state index contributed by atoms with van der Waals surface area (Å²) in [5.41, 5.74) is 0.951. The molecule has 0 aliphatic carbocycles. The summed E-state index contributed by atoms with van der Waals surface area (Å²) >= 11 is 0. The minimum absolute atomic E-state index is 0.182. The molecule has 0 spiro atoms. The lowest BCUT2D eigenvalue weighted by Gasteiger charge is -2.07. The van der Waals surface area contributed by atoms with Crippen LogP contribution in [0, 0.1) is 11.6 Å². The smallest absolute Gasteiger partial charge is 0.338 e. The van der Waals surface area contributed by atoms with Gasteiger partial charge in [-0.05, 0) is 48.4 Å². The van der Waals surface area contributed by atoms with Crippen molar-refractivity contribution in [3.63, 3.8) is 0 Å². The van der Waals surface area contributed by atoms with E-state index in [-0.39, 0.29) is 12.2 Å². The fourth-order valence-corrected chi connectivity index (χ4v) is 3.09. The predicted molar refractivity (Wildman–Crippen MR) is 115 cm³/mol. The first-order valence-electron chi connectivity index (χ1n) is 10.9. The topological polar surface area (TPSA) is 52.6 Å². The number of esters is 2. The van der Waals surface area contributed by atoms with Gasteiger partial charge in [0, 0.05) is 0 Å². The zero-order chi connectivity index (χ0) is 22.5. The molecule has 0 amide bonds. The third kappa shape index (κ3) is 8.87. The van der Waals surface area contributed by atoms with Crippen molar-refractivity contribution in [1.29, 1.82) is 0 Å². The van der Waals surface area contributed by atoms with Crippen molar-refractivity contribution in [2.24, 2.45) is 0 Å². The number of carbonyl (C=O) groups excluding carboxylic acids is 2. The van der Waals surface area contributed by atoms with E-state index in [4.69, 9.17) is 9.47 Å². The fourth-order valence-electron chi connectivity index (χ4n) is 3.09. The Kier molecular flexibility index (Phi) is 10.7. The summed E-state index contributed by atoms with van der Waals surface area (Å²) in [6.07, 6.45) is 9.36. The highest BCUT2D eigenvalue weighted by molar-refractivity contribution is 5.93. The van der Waals surface area contributed by atoms with Gasteiger partial charge in [-0.3, -0.25) is 0 Å². The van der Waals surface area contributed by atoms with E-state index in [0.29, 0.717) is 17.7 Å². The van der Waals surface area contributed by atoms with E-state index in [2.05, 4.69) is 6.92 Å². The van der Waals surface area contributed by atoms with Crippen molar-refractivity contribution < 1.29 is 27.8 Å². The summed E-state index contributed by atoms with van der Waals surface area (Å²) in [5, 5.41) is 0. The summed E-state index contributed by atoms with van der Waals surface area (Å²) in [5.74, 6) is -3.00. The quantitative estimate of drug-likeness (QED) is 0.264. The summed E-state index contributed by atoms with van der Waals surface area (Å²) in [6, 6.07) is 9.26. The third-order valence-electron chi connectivity index (χ3n) is 4.94. The van der Waals surface area contributed by atoms with Gasteiger partial charge in [0.1, 0.15) is 6.61 Å². The first-order chi connectivity index (χ1) is 15.0. The van der Waals surface area contributed by atoms with Crippen LogP contribution in [-0.2, 0) is 16.1 Å². The van der Waals surface area contributed by atoms with Crippen molar-refractivity contribution in [2.45, 2.75) is 64.9 Å². The molecule has 0 unspecified atom stereocenters. The second kappa shape index (κ2) is 13.5. The Bertz CT molecular complexity index is 834. The van der Waals surface area contributed by atoms with Crippen LogP contribution in [0.1, 0.15) is 84.6 Å². The SMILES string of the molecule is CCCCCCCCCCOC(=O)c1ccc(C(=O)OCc2ccc(F)c(F)c2)cc1. The number of carbonyl (C=O) groups is 2. The number of rotatable bonds is 13. The molecule has 0 radical (unpaired) electrons. The van der Waals surface area contributed by atoms with Gasteiger partial charge < -0.3 is 9.47 Å². The van der Waals surface area contributed by atoms with Crippen LogP contribution in [0.4, 0.5) is 8.78 Å². The number of hydrogen-bond donors (Lipinski definition) is 0. The molecule has 6 heteroatoms. The molecule has 0 fully saturated rings. The van der Waals surface area contributed by atoms with Crippen LogP contribution >= 0.6 is 0 Å². The molecule has 0 saturated carbocycles. The number of ether oxygens (including phenoxy) is 2. The molecule has 0 saturated heterocycles. The van der Waals surface area contributed by atoms with Gasteiger partial charge >= 0.3 is 11.9 Å². The second-order valence-electron chi connectivity index (χ2n) is 7.51. The molecule has 0 bridgehead atoms. The van der Waals surface area contributed by atoms with E-state index in [1.807, 2.05) is 0 Å². The average molecular weight is 433 g/mol. The Morgan fingerprint density at radius 2 is 1.26 bits per heavy atom. The maximum atomic E-state index is 13.2. The first-order valence-corrected chi connectivity index (χ1v) is 10.9. The van der Waals surface area contributed by atoms with E-state index >= 15 is 0 Å². The predicted octanol–water partition coefficient (Wildman–Crippen LogP) is 6.62. The van der Waals surface area contributed by atoms with Gasteiger partial charge in [-0.25, -0.2) is 18.4 Å². The van der Waals surface area contributed by atoms with Crippen LogP contribution in [0.25, 0.3) is 0 Å². The van der Waals surface area contributed by atoms with Crippen LogP contribution in [0.3, 0.4) is 0 Å². The zero-order valence-electron chi connectivity index (χ0n) is 18.0. The van der Waals surface area contributed by atoms with Crippen molar-refractivity contribution >= 4 is 11.9 Å². The zero-order valence-corrected chi connectivity index (χ0v) is 18.0. The van der Waals surface area contributed by atoms with Crippen LogP contribution in [0.15, 0.2) is 42.5 Å². The molecule has 31 heavy (non-hydrogen) atoms. The van der Waals surface area contributed by atoms with Crippen LogP contribution < -0.4 is 0 Å². The summed E-state index contributed by atoms with van der Waals surface area (Å²) in [6.45, 7) is 2.40. The van der Waals surface area contributed by atoms with Crippen LogP contribution in [0.5, 0.6) is 0 Å². The number of benzene rings is 2. The molecule has 0 aromatic heterocycles. The number of halogens is 2. The Morgan fingerprint density at radius 1 is 0.710 bits per heavy atom. The maximum Gasteiger partial charge on any atom is 0.338 e. The van der Waals surface area contributed by atoms with Gasteiger partial charge in [0.15, 0.2) is 11.6 Å². The van der Waals surface area contributed by atoms with Crippen molar-refractivity contribution in [2.75, 3.05) is 6.61 Å². The summed E-state index contributed by atoms with van der Waals surface area (Å²) in [4.78, 5) is 24.2.